The molecule has 9 aromatic rings. The summed E-state index contributed by atoms with van der Waals surface area (Å²) in [6, 6.07) is 45.8. The van der Waals surface area contributed by atoms with E-state index in [-0.39, 0.29) is 0 Å². The Morgan fingerprint density at radius 3 is 2.12 bits per heavy atom. The van der Waals surface area contributed by atoms with Crippen LogP contribution in [0.3, 0.4) is 0 Å². The van der Waals surface area contributed by atoms with Gasteiger partial charge in [-0.1, -0.05) is 91.0 Å². The molecular weight excluding hydrogens is 563 g/mol. The van der Waals surface area contributed by atoms with Gasteiger partial charge in [0.25, 0.3) is 0 Å². The maximum Gasteiger partial charge on any atom is 0.235 e. The van der Waals surface area contributed by atoms with E-state index in [2.05, 4.69) is 132 Å². The molecule has 43 heavy (non-hydrogen) atoms. The monoisotopic (exact) mass is 583 g/mol. The van der Waals surface area contributed by atoms with Crippen LogP contribution in [0.1, 0.15) is 0 Å². The van der Waals surface area contributed by atoms with Gasteiger partial charge in [0.2, 0.25) is 5.95 Å². The molecule has 0 fully saturated rings. The van der Waals surface area contributed by atoms with Crippen LogP contribution in [0.4, 0.5) is 17.3 Å². The Kier molecular flexibility index (Phi) is 4.75. The normalized spacial score (nSPS) is 12.6. The Bertz CT molecular complexity index is 2590. The summed E-state index contributed by atoms with van der Waals surface area (Å²) in [5.41, 5.74) is 7.73. The summed E-state index contributed by atoms with van der Waals surface area (Å²) in [4.78, 5) is 13.1. The molecule has 5 heteroatoms. The Morgan fingerprint density at radius 2 is 1.21 bits per heavy atom. The Hall–Kier alpha value is -5.10. The van der Waals surface area contributed by atoms with E-state index in [0.717, 1.165) is 32.8 Å². The number of rotatable bonds is 2. The predicted octanol–water partition coefficient (Wildman–Crippen LogP) is 11.5. The molecule has 0 aliphatic carbocycles. The largest absolute Gasteiger partial charge is 0.278 e. The minimum Gasteiger partial charge on any atom is -0.278 e. The molecule has 200 valence electrons. The van der Waals surface area contributed by atoms with Crippen LogP contribution < -0.4 is 4.90 Å². The van der Waals surface area contributed by atoms with Crippen molar-refractivity contribution in [2.45, 2.75) is 0 Å². The van der Waals surface area contributed by atoms with E-state index in [1.165, 1.54) is 52.2 Å². The molecule has 0 radical (unpaired) electrons. The smallest absolute Gasteiger partial charge is 0.235 e. The number of benzene rings is 6. The number of hydrogen-bond acceptors (Lipinski definition) is 5. The summed E-state index contributed by atoms with van der Waals surface area (Å²) in [6.45, 7) is 0. The number of nitrogens with zero attached hydrogens (tertiary/aromatic N) is 3. The average molecular weight is 584 g/mol. The van der Waals surface area contributed by atoms with Crippen molar-refractivity contribution in [2.75, 3.05) is 4.90 Å². The van der Waals surface area contributed by atoms with Crippen LogP contribution in [-0.2, 0) is 0 Å². The number of para-hydroxylation sites is 1. The fraction of sp³-hybridized carbons (Fsp3) is 0. The molecule has 0 unspecified atom stereocenters. The summed E-state index contributed by atoms with van der Waals surface area (Å²) in [5.74, 6) is 0.691. The molecule has 1 aliphatic rings. The van der Waals surface area contributed by atoms with Crippen molar-refractivity contribution in [1.29, 1.82) is 0 Å². The fourth-order valence-corrected chi connectivity index (χ4v) is 8.96. The highest BCUT2D eigenvalue weighted by Crippen LogP contribution is 2.51. The zero-order chi connectivity index (χ0) is 28.1. The van der Waals surface area contributed by atoms with Crippen LogP contribution in [-0.4, -0.2) is 9.97 Å². The maximum absolute atomic E-state index is 5.45. The molecule has 0 atom stereocenters. The van der Waals surface area contributed by atoms with Crippen LogP contribution >= 0.6 is 22.7 Å². The third-order valence-electron chi connectivity index (χ3n) is 8.62. The second-order valence-electron chi connectivity index (χ2n) is 11.0. The van der Waals surface area contributed by atoms with Crippen molar-refractivity contribution in [2.24, 2.45) is 0 Å². The Labute approximate surface area is 254 Å². The van der Waals surface area contributed by atoms with E-state index in [0.29, 0.717) is 5.95 Å². The maximum atomic E-state index is 5.45. The zero-order valence-corrected chi connectivity index (χ0v) is 24.4. The molecule has 0 amide bonds. The zero-order valence-electron chi connectivity index (χ0n) is 22.8. The summed E-state index contributed by atoms with van der Waals surface area (Å²) >= 11 is 3.62. The Balaban J connectivity index is 1.31. The van der Waals surface area contributed by atoms with Gasteiger partial charge in [0.15, 0.2) is 0 Å². The number of fused-ring (bicyclic) bond motifs is 8. The summed E-state index contributed by atoms with van der Waals surface area (Å²) < 4.78 is 4.94. The molecule has 0 saturated carbocycles. The Morgan fingerprint density at radius 1 is 0.512 bits per heavy atom. The van der Waals surface area contributed by atoms with E-state index in [4.69, 9.17) is 9.97 Å². The molecule has 3 aromatic heterocycles. The van der Waals surface area contributed by atoms with E-state index < -0.39 is 0 Å². The molecule has 4 heterocycles. The van der Waals surface area contributed by atoms with Crippen molar-refractivity contribution >= 4 is 91.2 Å². The van der Waals surface area contributed by atoms with Gasteiger partial charge in [-0.3, -0.25) is 4.90 Å². The van der Waals surface area contributed by atoms with Crippen LogP contribution in [0.15, 0.2) is 127 Å². The van der Waals surface area contributed by atoms with Crippen LogP contribution in [0, 0.1) is 0 Å². The number of anilines is 3. The molecule has 6 aromatic carbocycles. The van der Waals surface area contributed by atoms with Crippen molar-refractivity contribution in [1.82, 2.24) is 9.97 Å². The highest BCUT2D eigenvalue weighted by Gasteiger charge is 2.28. The van der Waals surface area contributed by atoms with Crippen molar-refractivity contribution in [3.8, 4) is 22.4 Å². The van der Waals surface area contributed by atoms with E-state index >= 15 is 0 Å². The molecule has 0 saturated heterocycles. The predicted molar refractivity (Wildman–Crippen MR) is 184 cm³/mol. The average Bonchev–Trinajstić information content (AvgIpc) is 3.63. The quantitative estimate of drug-likeness (QED) is 0.203. The van der Waals surface area contributed by atoms with Crippen molar-refractivity contribution in [3.63, 3.8) is 0 Å². The van der Waals surface area contributed by atoms with Gasteiger partial charge in [0, 0.05) is 46.8 Å². The summed E-state index contributed by atoms with van der Waals surface area (Å²) in [7, 11) is 0. The molecule has 0 spiro atoms. The molecule has 3 nitrogen and oxygen atoms in total. The van der Waals surface area contributed by atoms with Crippen molar-refractivity contribution < 1.29 is 0 Å². The van der Waals surface area contributed by atoms with E-state index in [1.807, 2.05) is 11.3 Å². The third-order valence-corrected chi connectivity index (χ3v) is 10.9. The second-order valence-corrected chi connectivity index (χ2v) is 13.1. The van der Waals surface area contributed by atoms with Gasteiger partial charge < -0.3 is 0 Å². The van der Waals surface area contributed by atoms with Crippen LogP contribution in [0.25, 0.3) is 73.6 Å². The molecular formula is C38H21N3S2. The molecule has 0 N–H and O–H groups in total. The lowest BCUT2D eigenvalue weighted by Crippen LogP contribution is -2.17. The minimum absolute atomic E-state index is 0.691. The first kappa shape index (κ1) is 23.5. The number of thiophene rings is 2. The first-order valence-corrected chi connectivity index (χ1v) is 16.0. The van der Waals surface area contributed by atoms with Gasteiger partial charge in [-0.15, -0.1) is 22.7 Å². The first-order valence-electron chi connectivity index (χ1n) is 14.3. The van der Waals surface area contributed by atoms with Gasteiger partial charge in [-0.2, -0.15) is 0 Å². The SMILES string of the molecule is c1ccc2c(c1)-c1cccc3cccc(c13)N2c1nc(-c2ccc3sc4ccccc4c3c2)c2sc3ccccc3c2n1. The van der Waals surface area contributed by atoms with E-state index in [9.17, 15) is 0 Å². The van der Waals surface area contributed by atoms with Crippen molar-refractivity contribution in [3.05, 3.63) is 127 Å². The van der Waals surface area contributed by atoms with Crippen LogP contribution in [0.2, 0.25) is 0 Å². The number of hydrogen-bond donors (Lipinski definition) is 0. The van der Waals surface area contributed by atoms with Crippen LogP contribution in [0.5, 0.6) is 0 Å². The minimum atomic E-state index is 0.691. The number of aromatic nitrogens is 2. The van der Waals surface area contributed by atoms with Gasteiger partial charge >= 0.3 is 0 Å². The second kappa shape index (κ2) is 8.71. The lowest BCUT2D eigenvalue weighted by atomic mass is 9.91. The summed E-state index contributed by atoms with van der Waals surface area (Å²) in [6.07, 6.45) is 0. The highest BCUT2D eigenvalue weighted by molar-refractivity contribution is 7.26. The fourth-order valence-electron chi connectivity index (χ4n) is 6.72. The molecule has 10 rings (SSSR count). The van der Waals surface area contributed by atoms with Gasteiger partial charge in [0.1, 0.15) is 0 Å². The van der Waals surface area contributed by atoms with Gasteiger partial charge in [0.05, 0.1) is 27.3 Å². The van der Waals surface area contributed by atoms with Gasteiger partial charge in [-0.05, 0) is 47.3 Å². The third kappa shape index (κ3) is 3.29. The topological polar surface area (TPSA) is 29.0 Å². The standard InChI is InChI=1S/C38H21N3S2/c1-4-15-29-24(11-1)26-14-7-9-22-10-8-16-30(34(22)26)41(29)38-39-35(37-36(40-38)27-13-3-6-18-32(27)43-37)23-19-20-33-28(21-23)25-12-2-5-17-31(25)42-33/h1-21H. The first-order chi connectivity index (χ1) is 21.3. The lowest BCUT2D eigenvalue weighted by molar-refractivity contribution is 1.12. The summed E-state index contributed by atoms with van der Waals surface area (Å²) in [5, 5.41) is 6.18. The van der Waals surface area contributed by atoms with Gasteiger partial charge in [-0.25, -0.2) is 9.97 Å². The lowest BCUT2D eigenvalue weighted by Gasteiger charge is -2.32. The molecule has 1 aliphatic heterocycles. The highest BCUT2D eigenvalue weighted by atomic mass is 32.1. The molecule has 0 bridgehead atoms. The van der Waals surface area contributed by atoms with E-state index in [1.54, 1.807) is 11.3 Å².